The van der Waals surface area contributed by atoms with Crippen molar-refractivity contribution in [2.24, 2.45) is 0 Å². The van der Waals surface area contributed by atoms with Gasteiger partial charge in [-0.1, -0.05) is 66.8 Å². The molecule has 2 aliphatic carbocycles. The van der Waals surface area contributed by atoms with Gasteiger partial charge < -0.3 is 19.6 Å². The summed E-state index contributed by atoms with van der Waals surface area (Å²) < 4.78 is 21.4. The Kier molecular flexibility index (Phi) is 7.05. The van der Waals surface area contributed by atoms with Gasteiger partial charge in [-0.15, -0.1) is 0 Å². The van der Waals surface area contributed by atoms with Crippen molar-refractivity contribution in [1.29, 1.82) is 0 Å². The smallest absolute Gasteiger partial charge is 0.319 e. The van der Waals surface area contributed by atoms with Crippen LogP contribution in [-0.2, 0) is 13.9 Å². The van der Waals surface area contributed by atoms with Crippen LogP contribution < -0.4 is 0 Å². The first-order valence-electron chi connectivity index (χ1n) is 9.40. The molecule has 10 nitrogen and oxygen atoms in total. The number of hydrogen-bond donors (Lipinski definition) is 4. The summed E-state index contributed by atoms with van der Waals surface area (Å²) in [5, 5.41) is 0. The molecule has 0 saturated heterocycles. The van der Waals surface area contributed by atoms with Gasteiger partial charge in [-0.25, -0.2) is 0 Å². The highest BCUT2D eigenvalue weighted by Gasteiger charge is 2.37. The molecule has 0 aliphatic heterocycles. The monoisotopic (exact) mass is 502 g/mol. The van der Waals surface area contributed by atoms with E-state index in [-0.39, 0.29) is 11.6 Å². The number of hydrogen-bond acceptors (Lipinski definition) is 6. The van der Waals surface area contributed by atoms with Crippen LogP contribution in [0, 0.1) is 0 Å². The molecule has 0 unspecified atom stereocenters. The van der Waals surface area contributed by atoms with Crippen molar-refractivity contribution in [3.63, 3.8) is 0 Å². The van der Waals surface area contributed by atoms with Crippen molar-refractivity contribution < 1.29 is 47.9 Å². The lowest BCUT2D eigenvalue weighted by molar-refractivity contribution is -0.112. The van der Waals surface area contributed by atoms with E-state index in [9.17, 15) is 28.3 Å². The molecule has 0 amide bonds. The number of allylic oxidation sites excluding steroid dienone is 6. The standard InChI is InChI=1S/C14H8O2.C8H8O8P2/c15-13(9-5-2-1-3-6-9)12-10-7-4-8-11(12)14(10)16;9-7(17(11,12)13)5-2-1-3-6(4-5)8(10)18(14,15)16/h1-8H;1-4H,(H2,11,12,13)(H2,14,15,16). The average Bonchev–Trinajstić information content (AvgIpc) is 2.82. The van der Waals surface area contributed by atoms with E-state index in [1.165, 1.54) is 0 Å². The normalized spacial score (nSPS) is 14.5. The van der Waals surface area contributed by atoms with Crippen LogP contribution in [0.25, 0.3) is 0 Å². The first kappa shape index (κ1) is 25.3. The highest BCUT2D eigenvalue weighted by atomic mass is 31.2. The second-order valence-electron chi connectivity index (χ2n) is 7.03. The van der Waals surface area contributed by atoms with E-state index < -0.39 is 37.4 Å². The summed E-state index contributed by atoms with van der Waals surface area (Å²) in [7, 11) is -10.0. The van der Waals surface area contributed by atoms with Gasteiger partial charge in [0, 0.05) is 33.4 Å². The van der Waals surface area contributed by atoms with E-state index in [0.717, 1.165) is 24.3 Å². The maximum atomic E-state index is 12.1. The van der Waals surface area contributed by atoms with E-state index >= 15 is 0 Å². The van der Waals surface area contributed by atoms with Gasteiger partial charge in [0.2, 0.25) is 0 Å². The zero-order valence-corrected chi connectivity index (χ0v) is 18.8. The Morgan fingerprint density at radius 2 is 1.21 bits per heavy atom. The predicted octanol–water partition coefficient (Wildman–Crippen LogP) is 2.57. The lowest BCUT2D eigenvalue weighted by atomic mass is 9.75. The summed E-state index contributed by atoms with van der Waals surface area (Å²) in [4.78, 5) is 80.6. The van der Waals surface area contributed by atoms with Crippen molar-refractivity contribution in [2.45, 2.75) is 0 Å². The lowest BCUT2D eigenvalue weighted by Gasteiger charge is -2.25. The van der Waals surface area contributed by atoms with Crippen LogP contribution in [0.5, 0.6) is 0 Å². The zero-order chi connectivity index (χ0) is 25.3. The van der Waals surface area contributed by atoms with E-state index in [1.807, 2.05) is 18.2 Å². The summed E-state index contributed by atoms with van der Waals surface area (Å²) in [6.45, 7) is 0. The van der Waals surface area contributed by atoms with Crippen molar-refractivity contribution in [2.75, 3.05) is 0 Å². The molecule has 0 radical (unpaired) electrons. The summed E-state index contributed by atoms with van der Waals surface area (Å²) in [6.07, 6.45) is 5.20. The maximum absolute atomic E-state index is 12.1. The maximum Gasteiger partial charge on any atom is 0.396 e. The fourth-order valence-electron chi connectivity index (χ4n) is 3.11. The van der Waals surface area contributed by atoms with Gasteiger partial charge >= 0.3 is 15.2 Å². The highest BCUT2D eigenvalue weighted by molar-refractivity contribution is 7.71. The molecule has 12 heteroatoms. The van der Waals surface area contributed by atoms with Crippen molar-refractivity contribution in [3.8, 4) is 0 Å². The van der Waals surface area contributed by atoms with Crippen molar-refractivity contribution in [3.05, 3.63) is 106 Å². The molecule has 2 aromatic carbocycles. The number of ketones is 2. The minimum atomic E-state index is -5.01. The molecule has 0 spiro atoms. The van der Waals surface area contributed by atoms with Gasteiger partial charge in [0.05, 0.1) is 0 Å². The van der Waals surface area contributed by atoms with Gasteiger partial charge in [-0.2, -0.15) is 0 Å². The zero-order valence-electron chi connectivity index (χ0n) is 17.1. The first-order valence-corrected chi connectivity index (χ1v) is 12.6. The van der Waals surface area contributed by atoms with Gasteiger partial charge in [-0.05, 0) is 6.07 Å². The third-order valence-corrected chi connectivity index (χ3v) is 6.28. The molecule has 0 aromatic heterocycles. The van der Waals surface area contributed by atoms with E-state index in [4.69, 9.17) is 19.6 Å². The second-order valence-corrected chi connectivity index (χ2v) is 10.0. The van der Waals surface area contributed by atoms with Gasteiger partial charge in [0.1, 0.15) is 0 Å². The highest BCUT2D eigenvalue weighted by Crippen LogP contribution is 2.41. The first-order chi connectivity index (χ1) is 15.8. The Labute approximate surface area is 192 Å². The molecule has 2 aromatic rings. The fourth-order valence-corrected chi connectivity index (χ4v) is 4.06. The Morgan fingerprint density at radius 3 is 1.62 bits per heavy atom. The third kappa shape index (κ3) is 5.24. The van der Waals surface area contributed by atoms with E-state index in [1.54, 1.807) is 30.4 Å². The van der Waals surface area contributed by atoms with Crippen LogP contribution in [0.15, 0.2) is 89.5 Å². The summed E-state index contributed by atoms with van der Waals surface area (Å²) in [5.74, 6) is -0.0763. The fraction of sp³-hybridized carbons (Fsp3) is 0. The quantitative estimate of drug-likeness (QED) is 0.338. The molecule has 4 rings (SSSR count). The van der Waals surface area contributed by atoms with Crippen LogP contribution in [0.3, 0.4) is 0 Å². The SMILES string of the molecule is O=C(c1cccc(C(=O)P(=O)(O)O)c1)P(=O)(O)O.O=C1c2cccc1c2C(=O)c1ccccc1. The predicted molar refractivity (Wildman–Crippen MR) is 119 cm³/mol. The van der Waals surface area contributed by atoms with Crippen LogP contribution >= 0.6 is 15.2 Å². The molecule has 0 saturated carbocycles. The number of carbonyl (C=O) groups excluding carboxylic acids is 4. The molecule has 4 N–H and O–H groups in total. The molecule has 0 atom stereocenters. The lowest BCUT2D eigenvalue weighted by Crippen LogP contribution is -2.28. The molecule has 34 heavy (non-hydrogen) atoms. The number of Topliss-reactive ketones (excluding diaryl/α,β-unsaturated/α-hetero) is 2. The summed E-state index contributed by atoms with van der Waals surface area (Å²) in [5.41, 5.74) is -1.75. The minimum absolute atomic E-state index is 0.0122. The molecule has 0 heterocycles. The van der Waals surface area contributed by atoms with Crippen LogP contribution in [0.4, 0.5) is 0 Å². The Bertz CT molecular complexity index is 1350. The van der Waals surface area contributed by atoms with Gasteiger partial charge in [0.25, 0.3) is 11.0 Å². The molecule has 2 aliphatic rings. The van der Waals surface area contributed by atoms with Gasteiger partial charge in [-0.3, -0.25) is 28.3 Å². The molecular weight excluding hydrogens is 486 g/mol. The number of carbonyl (C=O) groups is 4. The van der Waals surface area contributed by atoms with Crippen molar-refractivity contribution in [1.82, 2.24) is 0 Å². The minimum Gasteiger partial charge on any atom is -0.319 e. The van der Waals surface area contributed by atoms with E-state index in [0.29, 0.717) is 22.3 Å². The Hall–Kier alpha value is -3.36. The van der Waals surface area contributed by atoms with Crippen molar-refractivity contribution >= 4 is 37.8 Å². The second kappa shape index (κ2) is 9.48. The Morgan fingerprint density at radius 1 is 0.706 bits per heavy atom. The molecule has 2 bridgehead atoms. The summed E-state index contributed by atoms with van der Waals surface area (Å²) >= 11 is 0. The van der Waals surface area contributed by atoms with Gasteiger partial charge in [0.15, 0.2) is 11.6 Å². The third-order valence-electron chi connectivity index (χ3n) is 4.70. The average molecular weight is 502 g/mol. The van der Waals surface area contributed by atoms with Crippen LogP contribution in [-0.4, -0.2) is 42.2 Å². The topological polar surface area (TPSA) is 183 Å². The van der Waals surface area contributed by atoms with E-state index in [2.05, 4.69) is 0 Å². The summed E-state index contributed by atoms with van der Waals surface area (Å²) in [6, 6.07) is 12.9. The molecule has 174 valence electrons. The van der Waals surface area contributed by atoms with Crippen LogP contribution in [0.1, 0.15) is 31.1 Å². The number of rotatable bonds is 6. The number of benzene rings is 2. The van der Waals surface area contributed by atoms with Crippen LogP contribution in [0.2, 0.25) is 0 Å². The number of fused-ring (bicyclic) bond motifs is 2. The Balaban J connectivity index is 0.000000191. The molecular formula is C22H16O10P2. The molecule has 0 fully saturated rings. The largest absolute Gasteiger partial charge is 0.396 e.